The number of amides is 1. The van der Waals surface area contributed by atoms with E-state index in [9.17, 15) is 9.90 Å². The number of hydrogen-bond acceptors (Lipinski definition) is 3. The molecule has 1 aliphatic heterocycles. The number of piperidine rings is 1. The molecule has 0 spiro atoms. The molecule has 2 rings (SSSR count). The summed E-state index contributed by atoms with van der Waals surface area (Å²) in [6, 6.07) is 5.12. The van der Waals surface area contributed by atoms with Crippen LogP contribution in [0.25, 0.3) is 0 Å². The van der Waals surface area contributed by atoms with Gasteiger partial charge in [0.05, 0.1) is 3.57 Å². The van der Waals surface area contributed by atoms with Crippen LogP contribution in [0.2, 0.25) is 0 Å². The maximum Gasteiger partial charge on any atom is 0.253 e. The third-order valence-corrected chi connectivity index (χ3v) is 4.65. The van der Waals surface area contributed by atoms with Crippen molar-refractivity contribution in [2.24, 2.45) is 5.92 Å². The summed E-state index contributed by atoms with van der Waals surface area (Å²) < 4.78 is 0.763. The number of phenolic OH excluding ortho intramolecular Hbond substituents is 1. The second-order valence-corrected chi connectivity index (χ2v) is 6.38. The Morgan fingerprint density at radius 3 is 2.95 bits per heavy atom. The van der Waals surface area contributed by atoms with E-state index in [4.69, 9.17) is 0 Å². The van der Waals surface area contributed by atoms with Crippen LogP contribution in [-0.2, 0) is 0 Å². The summed E-state index contributed by atoms with van der Waals surface area (Å²) >= 11 is 2.05. The third kappa shape index (κ3) is 3.85. The maximum absolute atomic E-state index is 12.5. The van der Waals surface area contributed by atoms with Crippen LogP contribution in [0.15, 0.2) is 18.2 Å². The Bertz CT molecular complexity index is 473. The number of nitrogens with one attached hydrogen (secondary N) is 1. The van der Waals surface area contributed by atoms with Gasteiger partial charge >= 0.3 is 0 Å². The molecule has 0 aromatic heterocycles. The molecule has 0 aliphatic carbocycles. The molecule has 1 fully saturated rings. The lowest BCUT2D eigenvalue weighted by molar-refractivity contribution is 0.0728. The van der Waals surface area contributed by atoms with Gasteiger partial charge in [0.25, 0.3) is 5.91 Å². The summed E-state index contributed by atoms with van der Waals surface area (Å²) in [6.45, 7) is 5.56. The fourth-order valence-electron chi connectivity index (χ4n) is 2.58. The molecule has 1 heterocycles. The minimum Gasteiger partial charge on any atom is -0.507 e. The molecule has 1 aliphatic rings. The number of phenols is 1. The van der Waals surface area contributed by atoms with Crippen LogP contribution in [0.3, 0.4) is 0 Å². The van der Waals surface area contributed by atoms with Crippen molar-refractivity contribution in [2.75, 3.05) is 26.2 Å². The molecule has 110 valence electrons. The number of rotatable bonds is 4. The van der Waals surface area contributed by atoms with Crippen LogP contribution in [0.4, 0.5) is 0 Å². The van der Waals surface area contributed by atoms with Crippen molar-refractivity contribution in [1.29, 1.82) is 0 Å². The largest absolute Gasteiger partial charge is 0.507 e. The van der Waals surface area contributed by atoms with E-state index < -0.39 is 0 Å². The second kappa shape index (κ2) is 7.26. The number of hydrogen-bond donors (Lipinski definition) is 2. The summed E-state index contributed by atoms with van der Waals surface area (Å²) in [4.78, 5) is 14.4. The van der Waals surface area contributed by atoms with E-state index in [1.807, 2.05) is 11.8 Å². The number of halogens is 1. The van der Waals surface area contributed by atoms with Crippen LogP contribution < -0.4 is 5.32 Å². The van der Waals surface area contributed by atoms with Crippen LogP contribution >= 0.6 is 22.6 Å². The van der Waals surface area contributed by atoms with E-state index in [0.29, 0.717) is 18.0 Å². The van der Waals surface area contributed by atoms with Crippen molar-refractivity contribution >= 4 is 28.5 Å². The van der Waals surface area contributed by atoms with Gasteiger partial charge in [0, 0.05) is 18.7 Å². The summed E-state index contributed by atoms with van der Waals surface area (Å²) in [6.07, 6.45) is 2.36. The quantitative estimate of drug-likeness (QED) is 0.780. The molecule has 1 aromatic rings. The highest BCUT2D eigenvalue weighted by Gasteiger charge is 2.21. The highest BCUT2D eigenvalue weighted by atomic mass is 127. The van der Waals surface area contributed by atoms with E-state index in [1.165, 1.54) is 12.8 Å². The number of benzene rings is 1. The molecular weight excluding hydrogens is 367 g/mol. The first-order valence-electron chi connectivity index (χ1n) is 7.10. The zero-order valence-corrected chi connectivity index (χ0v) is 13.9. The van der Waals surface area contributed by atoms with E-state index >= 15 is 0 Å². The van der Waals surface area contributed by atoms with Crippen molar-refractivity contribution in [3.63, 3.8) is 0 Å². The topological polar surface area (TPSA) is 52.6 Å². The van der Waals surface area contributed by atoms with Crippen LogP contribution in [0.1, 0.15) is 30.1 Å². The van der Waals surface area contributed by atoms with Gasteiger partial charge in [-0.1, -0.05) is 0 Å². The number of aromatic hydroxyl groups is 1. The average molecular weight is 388 g/mol. The van der Waals surface area contributed by atoms with Crippen molar-refractivity contribution in [3.05, 3.63) is 27.3 Å². The normalized spacial score (nSPS) is 18.8. The molecule has 0 bridgehead atoms. The van der Waals surface area contributed by atoms with Crippen molar-refractivity contribution in [2.45, 2.75) is 19.8 Å². The van der Waals surface area contributed by atoms with Gasteiger partial charge in [0.2, 0.25) is 0 Å². The fourth-order valence-corrected chi connectivity index (χ4v) is 2.91. The molecule has 1 unspecified atom stereocenters. The Morgan fingerprint density at radius 2 is 2.35 bits per heavy atom. The Morgan fingerprint density at radius 1 is 1.55 bits per heavy atom. The lowest BCUT2D eigenvalue weighted by Gasteiger charge is -2.29. The predicted octanol–water partition coefficient (Wildman–Crippen LogP) is 2.46. The van der Waals surface area contributed by atoms with Gasteiger partial charge in [0.1, 0.15) is 5.75 Å². The van der Waals surface area contributed by atoms with Crippen LogP contribution in [-0.4, -0.2) is 42.1 Å². The van der Waals surface area contributed by atoms with Gasteiger partial charge in [-0.2, -0.15) is 0 Å². The highest BCUT2D eigenvalue weighted by Crippen LogP contribution is 2.22. The SMILES string of the molecule is CCN(CC1CCCNC1)C(=O)c1ccc(I)c(O)c1. The lowest BCUT2D eigenvalue weighted by atomic mass is 9.98. The summed E-state index contributed by atoms with van der Waals surface area (Å²) in [5, 5.41) is 13.1. The smallest absolute Gasteiger partial charge is 0.253 e. The predicted molar refractivity (Wildman–Crippen MR) is 88.0 cm³/mol. The van der Waals surface area contributed by atoms with Crippen LogP contribution in [0.5, 0.6) is 5.75 Å². The van der Waals surface area contributed by atoms with Crippen molar-refractivity contribution in [1.82, 2.24) is 10.2 Å². The van der Waals surface area contributed by atoms with Crippen LogP contribution in [0, 0.1) is 9.49 Å². The molecule has 4 nitrogen and oxygen atoms in total. The van der Waals surface area contributed by atoms with Gasteiger partial charge in [-0.3, -0.25) is 4.79 Å². The first-order valence-corrected chi connectivity index (χ1v) is 8.18. The first-order chi connectivity index (χ1) is 9.61. The zero-order chi connectivity index (χ0) is 14.5. The molecule has 0 radical (unpaired) electrons. The first kappa shape index (κ1) is 15.6. The van der Waals surface area contributed by atoms with Crippen molar-refractivity contribution < 1.29 is 9.90 Å². The fraction of sp³-hybridized carbons (Fsp3) is 0.533. The van der Waals surface area contributed by atoms with Gasteiger partial charge < -0.3 is 15.3 Å². The maximum atomic E-state index is 12.5. The lowest BCUT2D eigenvalue weighted by Crippen LogP contribution is -2.41. The molecular formula is C15H21IN2O2. The standard InChI is InChI=1S/C15H21IN2O2/c1-2-18(10-11-4-3-7-17-9-11)15(20)12-5-6-13(16)14(19)8-12/h5-6,8,11,17,19H,2-4,7,9-10H2,1H3. The third-order valence-electron chi connectivity index (χ3n) is 3.74. The minimum atomic E-state index is 0.00442. The van der Waals surface area contributed by atoms with Gasteiger partial charge in [-0.05, 0) is 79.6 Å². The number of carbonyl (C=O) groups excluding carboxylic acids is 1. The van der Waals surface area contributed by atoms with E-state index in [2.05, 4.69) is 27.9 Å². The summed E-state index contributed by atoms with van der Waals surface area (Å²) in [5.74, 6) is 0.710. The Kier molecular flexibility index (Phi) is 5.65. The monoisotopic (exact) mass is 388 g/mol. The highest BCUT2D eigenvalue weighted by molar-refractivity contribution is 14.1. The van der Waals surface area contributed by atoms with Gasteiger partial charge in [-0.15, -0.1) is 0 Å². The van der Waals surface area contributed by atoms with Gasteiger partial charge in [0.15, 0.2) is 0 Å². The Balaban J connectivity index is 2.05. The molecule has 5 heteroatoms. The molecule has 1 amide bonds. The number of nitrogens with zero attached hydrogens (tertiary/aromatic N) is 1. The summed E-state index contributed by atoms with van der Waals surface area (Å²) in [7, 11) is 0. The van der Waals surface area contributed by atoms with E-state index in [-0.39, 0.29) is 11.7 Å². The Labute approximate surface area is 133 Å². The van der Waals surface area contributed by atoms with E-state index in [0.717, 1.165) is 23.2 Å². The zero-order valence-electron chi connectivity index (χ0n) is 11.7. The second-order valence-electron chi connectivity index (χ2n) is 5.22. The van der Waals surface area contributed by atoms with Crippen molar-refractivity contribution in [3.8, 4) is 5.75 Å². The molecule has 1 atom stereocenters. The Hall–Kier alpha value is -0.820. The molecule has 2 N–H and O–H groups in total. The summed E-state index contributed by atoms with van der Waals surface area (Å²) in [5.41, 5.74) is 0.563. The molecule has 0 saturated carbocycles. The van der Waals surface area contributed by atoms with Gasteiger partial charge in [-0.25, -0.2) is 0 Å². The van der Waals surface area contributed by atoms with E-state index in [1.54, 1.807) is 18.2 Å². The average Bonchev–Trinajstić information content (AvgIpc) is 2.48. The minimum absolute atomic E-state index is 0.00442. The molecule has 1 saturated heterocycles. The molecule has 1 aromatic carbocycles. The number of carbonyl (C=O) groups is 1. The molecule has 20 heavy (non-hydrogen) atoms.